The van der Waals surface area contributed by atoms with E-state index in [0.717, 1.165) is 0 Å². The van der Waals surface area contributed by atoms with Gasteiger partial charge in [0.05, 0.1) is 0 Å². The Morgan fingerprint density at radius 1 is 0.818 bits per heavy atom. The molecular weight excluding hydrogens is 247 g/mol. The third kappa shape index (κ3) is 2.29. The Morgan fingerprint density at radius 3 is 1.73 bits per heavy atom. The molecule has 5 heteroatoms. The van der Waals surface area contributed by atoms with Gasteiger partial charge in [0.15, 0.2) is 0 Å². The Kier molecular flexibility index (Phi) is 3.03. The van der Waals surface area contributed by atoms with Crippen molar-refractivity contribution in [1.82, 2.24) is 15.5 Å². The van der Waals surface area contributed by atoms with Gasteiger partial charge in [-0.3, -0.25) is 0 Å². The van der Waals surface area contributed by atoms with Crippen molar-refractivity contribution in [2.24, 2.45) is 0 Å². The van der Waals surface area contributed by atoms with Crippen molar-refractivity contribution in [1.29, 1.82) is 0 Å². The average molecular weight is 263 g/mol. The van der Waals surface area contributed by atoms with Gasteiger partial charge in [-0.15, -0.1) is 0 Å². The summed E-state index contributed by atoms with van der Waals surface area (Å²) in [7, 11) is 0. The van der Waals surface area contributed by atoms with E-state index in [9.17, 15) is 0 Å². The maximum absolute atomic E-state index is 3.60. The van der Waals surface area contributed by atoms with Gasteiger partial charge in [0.2, 0.25) is 0 Å². The normalized spacial score (nSPS) is 39.3. The van der Waals surface area contributed by atoms with Crippen molar-refractivity contribution in [2.75, 3.05) is 39.3 Å². The van der Waals surface area contributed by atoms with Crippen LogP contribution in [0.3, 0.4) is 0 Å². The standard InChI is InChI=1S/C6H15N4.Sn.H/c7-1-4-10(5-2-8)6-3-9;;/h7-9H,1-6H2;;/q-3;+3;. The molecule has 0 aromatic carbocycles. The molecular formula is C6H16N4Sn. The maximum atomic E-state index is 3.60. The quantitative estimate of drug-likeness (QED) is 0.434. The number of nitrogens with one attached hydrogen (secondary N) is 3. The molecule has 0 atom stereocenters. The van der Waals surface area contributed by atoms with Gasteiger partial charge in [0.1, 0.15) is 0 Å². The van der Waals surface area contributed by atoms with Gasteiger partial charge in [-0.25, -0.2) is 0 Å². The summed E-state index contributed by atoms with van der Waals surface area (Å²) in [5, 5.41) is 0. The molecule has 2 bridgehead atoms. The first-order valence-corrected chi connectivity index (χ1v) is 9.32. The third-order valence-electron chi connectivity index (χ3n) is 2.33. The summed E-state index contributed by atoms with van der Waals surface area (Å²) >= 11 is -1.60. The SMILES string of the molecule is C1CN2CC[NH][SnH]([NH]1)[NH]CC2. The zero-order chi connectivity index (χ0) is 7.52. The van der Waals surface area contributed by atoms with E-state index in [1.807, 2.05) is 0 Å². The molecule has 0 aromatic heterocycles. The molecule has 3 aliphatic heterocycles. The summed E-state index contributed by atoms with van der Waals surface area (Å²) in [6.45, 7) is 7.28. The first-order valence-electron chi connectivity index (χ1n) is 4.38. The topological polar surface area (TPSA) is 39.3 Å². The van der Waals surface area contributed by atoms with E-state index in [0.29, 0.717) is 0 Å². The Balaban J connectivity index is 1.96. The second-order valence-electron chi connectivity index (χ2n) is 3.14. The number of fused-ring (bicyclic) bond motifs is 6. The van der Waals surface area contributed by atoms with Crippen LogP contribution >= 0.6 is 0 Å². The first-order chi connectivity index (χ1) is 5.45. The Hall–Kier alpha value is 0.639. The van der Waals surface area contributed by atoms with Gasteiger partial charge in [-0.2, -0.15) is 0 Å². The van der Waals surface area contributed by atoms with Crippen LogP contribution in [0.15, 0.2) is 0 Å². The number of rotatable bonds is 0. The molecule has 0 spiro atoms. The fourth-order valence-corrected chi connectivity index (χ4v) is 6.47. The van der Waals surface area contributed by atoms with E-state index in [-0.39, 0.29) is 0 Å². The molecule has 0 radical (unpaired) electrons. The van der Waals surface area contributed by atoms with Crippen LogP contribution in [0, 0.1) is 0 Å². The minimum absolute atomic E-state index is 1.18. The molecule has 64 valence electrons. The van der Waals surface area contributed by atoms with Gasteiger partial charge >= 0.3 is 75.4 Å². The molecule has 3 rings (SSSR count). The van der Waals surface area contributed by atoms with E-state index in [2.05, 4.69) is 15.5 Å². The fraction of sp³-hybridized carbons (Fsp3) is 1.00. The predicted molar refractivity (Wildman–Crippen MR) is 47.6 cm³/mol. The van der Waals surface area contributed by atoms with Crippen LogP contribution in [0.5, 0.6) is 0 Å². The zero-order valence-electron chi connectivity index (χ0n) is 6.77. The summed E-state index contributed by atoms with van der Waals surface area (Å²) in [6.07, 6.45) is 0. The Labute approximate surface area is 75.5 Å². The Morgan fingerprint density at radius 2 is 1.27 bits per heavy atom. The molecule has 0 aromatic rings. The summed E-state index contributed by atoms with van der Waals surface area (Å²) in [6, 6.07) is 0. The van der Waals surface area contributed by atoms with E-state index in [4.69, 9.17) is 0 Å². The average Bonchev–Trinajstić information content (AvgIpc) is 1.80. The van der Waals surface area contributed by atoms with E-state index in [1.165, 1.54) is 39.3 Å². The minimum atomic E-state index is -1.60. The molecule has 3 heterocycles. The molecule has 0 saturated carbocycles. The predicted octanol–water partition coefficient (Wildman–Crippen LogP) is -2.20. The summed E-state index contributed by atoms with van der Waals surface area (Å²) in [5.41, 5.74) is 0. The van der Waals surface area contributed by atoms with E-state index in [1.54, 1.807) is 0 Å². The van der Waals surface area contributed by atoms with Crippen LogP contribution < -0.4 is 10.6 Å². The van der Waals surface area contributed by atoms with Crippen LogP contribution in [0.1, 0.15) is 0 Å². The molecule has 11 heavy (non-hydrogen) atoms. The number of nitrogens with zero attached hydrogens (tertiary/aromatic N) is 1. The van der Waals surface area contributed by atoms with E-state index < -0.39 is 20.6 Å². The van der Waals surface area contributed by atoms with Crippen molar-refractivity contribution in [2.45, 2.75) is 0 Å². The molecule has 0 aliphatic carbocycles. The Bertz CT molecular complexity index is 96.0. The van der Waals surface area contributed by atoms with Gasteiger partial charge in [-0.1, -0.05) is 0 Å². The molecule has 0 amide bonds. The van der Waals surface area contributed by atoms with Gasteiger partial charge < -0.3 is 0 Å². The molecule has 0 unspecified atom stereocenters. The van der Waals surface area contributed by atoms with Crippen LogP contribution in [0.4, 0.5) is 0 Å². The van der Waals surface area contributed by atoms with Crippen molar-refractivity contribution >= 4 is 20.6 Å². The van der Waals surface area contributed by atoms with Gasteiger partial charge in [0.25, 0.3) is 0 Å². The second-order valence-corrected chi connectivity index (χ2v) is 9.10. The third-order valence-corrected chi connectivity index (χ3v) is 8.30. The fourth-order valence-electron chi connectivity index (χ4n) is 1.65. The summed E-state index contributed by atoms with van der Waals surface area (Å²) in [4.78, 5) is 2.51. The second kappa shape index (κ2) is 4.04. The van der Waals surface area contributed by atoms with Crippen LogP contribution in [0.25, 0.3) is 0 Å². The van der Waals surface area contributed by atoms with Crippen molar-refractivity contribution in [3.8, 4) is 0 Å². The van der Waals surface area contributed by atoms with Crippen LogP contribution in [0.2, 0.25) is 0 Å². The van der Waals surface area contributed by atoms with Crippen LogP contribution in [-0.2, 0) is 0 Å². The van der Waals surface area contributed by atoms with Crippen molar-refractivity contribution in [3.63, 3.8) is 0 Å². The summed E-state index contributed by atoms with van der Waals surface area (Å²) < 4.78 is 10.8. The molecule has 3 N–H and O–H groups in total. The summed E-state index contributed by atoms with van der Waals surface area (Å²) in [5.74, 6) is 0. The van der Waals surface area contributed by atoms with Crippen LogP contribution in [-0.4, -0.2) is 64.7 Å². The first kappa shape index (κ1) is 8.25. The number of hydrogen-bond acceptors (Lipinski definition) is 4. The molecule has 4 nitrogen and oxygen atoms in total. The van der Waals surface area contributed by atoms with Gasteiger partial charge in [0, 0.05) is 0 Å². The monoisotopic (exact) mass is 264 g/mol. The molecule has 3 fully saturated rings. The zero-order valence-corrected chi connectivity index (χ0v) is 10.1. The molecule has 3 saturated heterocycles. The van der Waals surface area contributed by atoms with Gasteiger partial charge in [-0.05, 0) is 0 Å². The van der Waals surface area contributed by atoms with Crippen molar-refractivity contribution in [3.05, 3.63) is 0 Å². The van der Waals surface area contributed by atoms with E-state index >= 15 is 0 Å². The molecule has 3 aliphatic rings. The van der Waals surface area contributed by atoms with Crippen molar-refractivity contribution < 1.29 is 0 Å². The number of hydrogen-bond donors (Lipinski definition) is 3.